The van der Waals surface area contributed by atoms with E-state index < -0.39 is 15.9 Å². The number of sulfonamides is 1. The van der Waals surface area contributed by atoms with Gasteiger partial charge in [-0.05, 0) is 49.2 Å². The first-order valence-corrected chi connectivity index (χ1v) is 13.4. The van der Waals surface area contributed by atoms with Gasteiger partial charge in [0.1, 0.15) is 0 Å². The highest BCUT2D eigenvalue weighted by molar-refractivity contribution is 7.89. The maximum atomic E-state index is 12.9. The zero-order valence-corrected chi connectivity index (χ0v) is 21.4. The summed E-state index contributed by atoms with van der Waals surface area (Å²) in [5.74, 6) is 2.03. The summed E-state index contributed by atoms with van der Waals surface area (Å²) < 4.78 is 29.8. The summed E-state index contributed by atoms with van der Waals surface area (Å²) in [6.07, 6.45) is 6.94. The average molecular weight is 524 g/mol. The van der Waals surface area contributed by atoms with Crippen molar-refractivity contribution in [2.75, 3.05) is 13.1 Å². The smallest absolute Gasteiger partial charge is 0.279 e. The first-order chi connectivity index (χ1) is 15.7. The normalized spacial score (nSPS) is 12.4. The summed E-state index contributed by atoms with van der Waals surface area (Å²) in [7, 11) is -3.63. The predicted octanol–water partition coefficient (Wildman–Crippen LogP) is 5.19. The van der Waals surface area contributed by atoms with Crippen LogP contribution in [0.5, 0.6) is 0 Å². The molecule has 3 rings (SSSR count). The third-order valence-corrected chi connectivity index (χ3v) is 8.62. The van der Waals surface area contributed by atoms with Crippen LogP contribution in [0.3, 0.4) is 0 Å². The van der Waals surface area contributed by atoms with Gasteiger partial charge in [-0.15, -0.1) is 6.42 Å². The van der Waals surface area contributed by atoms with Gasteiger partial charge in [0.05, 0.1) is 31.7 Å². The lowest BCUT2D eigenvalue weighted by molar-refractivity contribution is 0.0998. The van der Waals surface area contributed by atoms with Crippen LogP contribution in [0.25, 0.3) is 10.2 Å². The lowest BCUT2D eigenvalue weighted by Gasteiger charge is -2.21. The van der Waals surface area contributed by atoms with Crippen molar-refractivity contribution in [2.45, 2.75) is 38.1 Å². The van der Waals surface area contributed by atoms with Crippen LogP contribution in [-0.2, 0) is 16.6 Å². The van der Waals surface area contributed by atoms with E-state index in [2.05, 4.69) is 10.9 Å². The first-order valence-electron chi connectivity index (χ1n) is 10.3. The number of amides is 1. The summed E-state index contributed by atoms with van der Waals surface area (Å²) in [5, 5.41) is 0.718. The van der Waals surface area contributed by atoms with Crippen LogP contribution < -0.4 is 4.80 Å². The van der Waals surface area contributed by atoms with Crippen molar-refractivity contribution in [3.63, 3.8) is 0 Å². The number of halogens is 2. The van der Waals surface area contributed by atoms with Crippen molar-refractivity contribution < 1.29 is 13.2 Å². The Morgan fingerprint density at radius 2 is 1.76 bits per heavy atom. The number of terminal acetylenes is 1. The van der Waals surface area contributed by atoms with Crippen LogP contribution in [-0.4, -0.2) is 36.3 Å². The summed E-state index contributed by atoms with van der Waals surface area (Å²) in [6, 6.07) is 9.28. The number of hydrogen-bond donors (Lipinski definition) is 0. The van der Waals surface area contributed by atoms with Gasteiger partial charge < -0.3 is 4.57 Å². The Morgan fingerprint density at radius 3 is 2.33 bits per heavy atom. The molecule has 0 aliphatic carbocycles. The Bertz CT molecular complexity index is 1380. The van der Waals surface area contributed by atoms with E-state index in [0.717, 1.165) is 17.5 Å². The van der Waals surface area contributed by atoms with E-state index in [1.54, 1.807) is 16.7 Å². The van der Waals surface area contributed by atoms with E-state index in [0.29, 0.717) is 33.5 Å². The average Bonchev–Trinajstić information content (AvgIpc) is 3.14. The van der Waals surface area contributed by atoms with E-state index in [-0.39, 0.29) is 17.0 Å². The van der Waals surface area contributed by atoms with Crippen LogP contribution in [0.15, 0.2) is 46.3 Å². The third-order valence-electron chi connectivity index (χ3n) is 4.87. The molecule has 0 saturated carbocycles. The third kappa shape index (κ3) is 5.34. The van der Waals surface area contributed by atoms with Crippen LogP contribution in [0.4, 0.5) is 0 Å². The molecule has 0 spiro atoms. The van der Waals surface area contributed by atoms with E-state index in [1.165, 1.54) is 39.9 Å². The largest absolute Gasteiger partial charge is 0.303 e. The van der Waals surface area contributed by atoms with Gasteiger partial charge in [-0.3, -0.25) is 4.79 Å². The molecule has 0 aliphatic heterocycles. The molecule has 10 heteroatoms. The molecule has 0 aliphatic rings. The van der Waals surface area contributed by atoms with Crippen molar-refractivity contribution in [2.24, 2.45) is 4.99 Å². The summed E-state index contributed by atoms with van der Waals surface area (Å²) in [5.41, 5.74) is 0.882. The molecule has 0 bridgehead atoms. The lowest BCUT2D eigenvalue weighted by Crippen LogP contribution is -2.32. The molecule has 174 valence electrons. The molecular formula is C23H23Cl2N3O3S2. The molecule has 0 saturated heterocycles. The van der Waals surface area contributed by atoms with E-state index in [9.17, 15) is 13.2 Å². The molecule has 0 radical (unpaired) electrons. The number of aromatic nitrogens is 1. The molecular weight excluding hydrogens is 501 g/mol. The molecule has 0 N–H and O–H groups in total. The Kier molecular flexibility index (Phi) is 8.38. The molecule has 1 heterocycles. The Balaban J connectivity index is 1.99. The fraction of sp³-hybridized carbons (Fsp3) is 0.304. The summed E-state index contributed by atoms with van der Waals surface area (Å²) in [6.45, 7) is 4.92. The van der Waals surface area contributed by atoms with E-state index in [1.807, 2.05) is 13.8 Å². The topological polar surface area (TPSA) is 71.7 Å². The maximum absolute atomic E-state index is 12.9. The quantitative estimate of drug-likeness (QED) is 0.381. The van der Waals surface area contributed by atoms with Crippen LogP contribution in [0, 0.1) is 12.3 Å². The standard InChI is InChI=1S/C23H23Cl2N3O3S2/c1-4-13-27(14-5-2)33(30,31)17-9-7-16(8-10-17)22(29)26-23-28(15-6-3)21-19(32-23)12-11-18(24)20(21)25/h3,7-12H,4-5,13-15H2,1-2H3. The molecule has 3 aromatic rings. The van der Waals surface area contributed by atoms with Crippen molar-refractivity contribution >= 4 is 60.7 Å². The molecule has 0 fully saturated rings. The fourth-order valence-corrected chi connectivity index (χ4v) is 6.48. The lowest BCUT2D eigenvalue weighted by atomic mass is 10.2. The number of rotatable bonds is 8. The molecule has 0 atom stereocenters. The minimum atomic E-state index is -3.63. The van der Waals surface area contributed by atoms with Crippen molar-refractivity contribution in [1.82, 2.24) is 8.87 Å². The Morgan fingerprint density at radius 1 is 1.12 bits per heavy atom. The van der Waals surface area contributed by atoms with Crippen molar-refractivity contribution in [1.29, 1.82) is 0 Å². The number of carbonyl (C=O) groups excluding carboxylic acids is 1. The van der Waals surface area contributed by atoms with Gasteiger partial charge in [-0.1, -0.05) is 54.3 Å². The number of carbonyl (C=O) groups is 1. The molecule has 6 nitrogen and oxygen atoms in total. The number of thiazole rings is 1. The van der Waals surface area contributed by atoms with Crippen LogP contribution >= 0.6 is 34.5 Å². The maximum Gasteiger partial charge on any atom is 0.279 e. The summed E-state index contributed by atoms with van der Waals surface area (Å²) in [4.78, 5) is 17.6. The van der Waals surface area contributed by atoms with Crippen LogP contribution in [0.1, 0.15) is 37.0 Å². The zero-order valence-electron chi connectivity index (χ0n) is 18.2. The minimum Gasteiger partial charge on any atom is -0.303 e. The Hall–Kier alpha value is -2.15. The molecule has 1 amide bonds. The first kappa shape index (κ1) is 25.5. The zero-order chi connectivity index (χ0) is 24.2. The van der Waals surface area contributed by atoms with Gasteiger partial charge in [-0.2, -0.15) is 9.30 Å². The van der Waals surface area contributed by atoms with Gasteiger partial charge >= 0.3 is 0 Å². The Labute approximate surface area is 207 Å². The SMILES string of the molecule is C#CCn1c(=NC(=O)c2ccc(S(=O)(=O)N(CCC)CCC)cc2)sc2ccc(Cl)c(Cl)c21. The number of benzene rings is 2. The highest BCUT2D eigenvalue weighted by Gasteiger charge is 2.23. The second-order valence-corrected chi connectivity index (χ2v) is 11.0. The highest BCUT2D eigenvalue weighted by atomic mass is 35.5. The van der Waals surface area contributed by atoms with Gasteiger partial charge in [0, 0.05) is 18.7 Å². The molecule has 2 aromatic carbocycles. The minimum absolute atomic E-state index is 0.145. The van der Waals surface area contributed by atoms with Gasteiger partial charge in [-0.25, -0.2) is 8.42 Å². The van der Waals surface area contributed by atoms with E-state index in [4.69, 9.17) is 29.6 Å². The predicted molar refractivity (Wildman–Crippen MR) is 134 cm³/mol. The number of fused-ring (bicyclic) bond motifs is 1. The fourth-order valence-electron chi connectivity index (χ4n) is 3.35. The molecule has 33 heavy (non-hydrogen) atoms. The monoisotopic (exact) mass is 523 g/mol. The second kappa shape index (κ2) is 10.9. The van der Waals surface area contributed by atoms with Gasteiger partial charge in [0.25, 0.3) is 5.91 Å². The summed E-state index contributed by atoms with van der Waals surface area (Å²) >= 11 is 13.8. The van der Waals surface area contributed by atoms with Gasteiger partial charge in [0.2, 0.25) is 10.0 Å². The van der Waals surface area contributed by atoms with Gasteiger partial charge in [0.15, 0.2) is 4.80 Å². The molecule has 0 unspecified atom stereocenters. The molecule has 1 aromatic heterocycles. The van der Waals surface area contributed by atoms with Crippen molar-refractivity contribution in [3.8, 4) is 12.3 Å². The van der Waals surface area contributed by atoms with E-state index >= 15 is 0 Å². The second-order valence-electron chi connectivity index (χ2n) is 7.23. The van der Waals surface area contributed by atoms with Crippen LogP contribution in [0.2, 0.25) is 10.0 Å². The highest BCUT2D eigenvalue weighted by Crippen LogP contribution is 2.32. The number of hydrogen-bond acceptors (Lipinski definition) is 4. The van der Waals surface area contributed by atoms with Crippen molar-refractivity contribution in [3.05, 3.63) is 56.8 Å². The number of nitrogens with zero attached hydrogens (tertiary/aromatic N) is 3.